The first-order valence-corrected chi connectivity index (χ1v) is 5.79. The zero-order valence-corrected chi connectivity index (χ0v) is 10.5. The van der Waals surface area contributed by atoms with Crippen molar-refractivity contribution in [2.45, 2.75) is 25.8 Å². The van der Waals surface area contributed by atoms with Crippen LogP contribution in [0, 0.1) is 0 Å². The van der Waals surface area contributed by atoms with Crippen molar-refractivity contribution >= 4 is 29.8 Å². The molecule has 0 unspecified atom stereocenters. The minimum Gasteiger partial charge on any atom is -0.480 e. The number of carbonyl (C=O) groups excluding carboxylic acids is 2. The predicted octanol–water partition coefficient (Wildman–Crippen LogP) is -1.04. The zero-order valence-electron chi connectivity index (χ0n) is 10.5. The van der Waals surface area contributed by atoms with Gasteiger partial charge in [-0.25, -0.2) is 9.79 Å². The van der Waals surface area contributed by atoms with Crippen LogP contribution in [0.25, 0.3) is 0 Å². The summed E-state index contributed by atoms with van der Waals surface area (Å²) in [4.78, 5) is 40.9. The first-order chi connectivity index (χ1) is 8.99. The Morgan fingerprint density at radius 2 is 2.21 bits per heavy atom. The Balaban J connectivity index is 2.38. The molecule has 1 atom stereocenters. The maximum absolute atomic E-state index is 11.5. The van der Waals surface area contributed by atoms with Gasteiger partial charge in [-0.05, 0) is 0 Å². The van der Waals surface area contributed by atoms with Crippen LogP contribution in [0.2, 0.25) is 0 Å². The van der Waals surface area contributed by atoms with Crippen molar-refractivity contribution in [3.05, 3.63) is 0 Å². The van der Waals surface area contributed by atoms with E-state index < -0.39 is 17.9 Å². The normalized spacial score (nSPS) is 14.7. The highest BCUT2D eigenvalue weighted by molar-refractivity contribution is 5.99. The van der Waals surface area contributed by atoms with Gasteiger partial charge in [0, 0.05) is 32.0 Å². The molecule has 0 aliphatic carbocycles. The van der Waals surface area contributed by atoms with Crippen molar-refractivity contribution in [2.24, 2.45) is 9.98 Å². The van der Waals surface area contributed by atoms with Crippen LogP contribution in [-0.4, -0.2) is 54.1 Å². The van der Waals surface area contributed by atoms with Gasteiger partial charge in [-0.3, -0.25) is 14.6 Å². The first-order valence-electron chi connectivity index (χ1n) is 5.79. The van der Waals surface area contributed by atoms with E-state index in [1.807, 2.05) is 0 Å². The number of rotatable bonds is 7. The molecule has 0 saturated heterocycles. The lowest BCUT2D eigenvalue weighted by Crippen LogP contribution is -2.43. The van der Waals surface area contributed by atoms with Crippen LogP contribution < -0.4 is 10.6 Å². The van der Waals surface area contributed by atoms with Crippen molar-refractivity contribution in [1.29, 1.82) is 0 Å². The zero-order chi connectivity index (χ0) is 14.3. The molecule has 0 aromatic rings. The van der Waals surface area contributed by atoms with E-state index in [0.717, 1.165) is 0 Å². The summed E-state index contributed by atoms with van der Waals surface area (Å²) in [6.45, 7) is 1.89. The lowest BCUT2D eigenvalue weighted by molar-refractivity contribution is -0.141. The summed E-state index contributed by atoms with van der Waals surface area (Å²) in [5.41, 5.74) is 0.620. The SMILES string of the molecule is CC(=O)NCCC(=O)N[C@@H](CC1=NC=NC1)C(=O)O. The number of hydrogen-bond acceptors (Lipinski definition) is 5. The third-order valence-corrected chi connectivity index (χ3v) is 2.39. The summed E-state index contributed by atoms with van der Waals surface area (Å²) in [7, 11) is 0. The molecule has 8 heteroatoms. The molecule has 19 heavy (non-hydrogen) atoms. The maximum atomic E-state index is 11.5. The molecule has 0 spiro atoms. The van der Waals surface area contributed by atoms with Gasteiger partial charge in [0.05, 0.1) is 6.54 Å². The van der Waals surface area contributed by atoms with Crippen LogP contribution in [0.5, 0.6) is 0 Å². The molecule has 1 aliphatic rings. The molecule has 104 valence electrons. The molecular formula is C11H16N4O4. The number of aliphatic imine (C=N–C) groups is 2. The molecule has 0 aromatic heterocycles. The number of amides is 2. The molecule has 0 fully saturated rings. The number of aliphatic carboxylic acids is 1. The lowest BCUT2D eigenvalue weighted by atomic mass is 10.1. The highest BCUT2D eigenvalue weighted by atomic mass is 16.4. The number of carbonyl (C=O) groups is 3. The van der Waals surface area contributed by atoms with Crippen molar-refractivity contribution in [3.63, 3.8) is 0 Å². The topological polar surface area (TPSA) is 120 Å². The third kappa shape index (κ3) is 5.75. The standard InChI is InChI=1S/C11H16N4O4/c1-7(16)13-3-2-10(17)15-9(11(18)19)4-8-5-12-6-14-8/h6,9H,2-5H2,1H3,(H,13,16)(H,15,17)(H,18,19)/t9-/m0/s1. The minimum absolute atomic E-state index is 0.0341. The molecule has 1 rings (SSSR count). The molecule has 0 aromatic carbocycles. The van der Waals surface area contributed by atoms with Crippen LogP contribution >= 0.6 is 0 Å². The van der Waals surface area contributed by atoms with Gasteiger partial charge < -0.3 is 15.7 Å². The average Bonchev–Trinajstić information content (AvgIpc) is 2.80. The number of carboxylic acid groups (broad SMARTS) is 1. The predicted molar refractivity (Wildman–Crippen MR) is 68.3 cm³/mol. The Labute approximate surface area is 110 Å². The van der Waals surface area contributed by atoms with Gasteiger partial charge in [0.25, 0.3) is 0 Å². The molecular weight excluding hydrogens is 252 g/mol. The van der Waals surface area contributed by atoms with Crippen LogP contribution in [-0.2, 0) is 14.4 Å². The summed E-state index contributed by atoms with van der Waals surface area (Å²) >= 11 is 0. The van der Waals surface area contributed by atoms with Gasteiger partial charge in [-0.2, -0.15) is 0 Å². The van der Waals surface area contributed by atoms with E-state index in [-0.39, 0.29) is 25.3 Å². The summed E-state index contributed by atoms with van der Waals surface area (Å²) < 4.78 is 0. The van der Waals surface area contributed by atoms with Crippen molar-refractivity contribution < 1.29 is 19.5 Å². The molecule has 0 radical (unpaired) electrons. The second kappa shape index (κ2) is 7.24. The Morgan fingerprint density at radius 1 is 1.47 bits per heavy atom. The highest BCUT2D eigenvalue weighted by Gasteiger charge is 2.22. The molecule has 1 aliphatic heterocycles. The van der Waals surface area contributed by atoms with E-state index >= 15 is 0 Å². The third-order valence-electron chi connectivity index (χ3n) is 2.39. The number of hydrogen-bond donors (Lipinski definition) is 3. The molecule has 0 saturated carbocycles. The van der Waals surface area contributed by atoms with Gasteiger partial charge in [0.1, 0.15) is 12.4 Å². The van der Waals surface area contributed by atoms with Crippen molar-refractivity contribution in [3.8, 4) is 0 Å². The summed E-state index contributed by atoms with van der Waals surface area (Å²) in [6, 6.07) is -1.02. The van der Waals surface area contributed by atoms with Crippen molar-refractivity contribution in [1.82, 2.24) is 10.6 Å². The van der Waals surface area contributed by atoms with E-state index in [9.17, 15) is 14.4 Å². The van der Waals surface area contributed by atoms with E-state index in [2.05, 4.69) is 20.6 Å². The molecule has 2 amide bonds. The Bertz CT molecular complexity index is 430. The van der Waals surface area contributed by atoms with Crippen LogP contribution in [0.1, 0.15) is 19.8 Å². The molecule has 8 nitrogen and oxygen atoms in total. The van der Waals surface area contributed by atoms with Gasteiger partial charge >= 0.3 is 5.97 Å². The van der Waals surface area contributed by atoms with Crippen LogP contribution in [0.4, 0.5) is 0 Å². The second-order valence-corrected chi connectivity index (χ2v) is 4.05. The van der Waals surface area contributed by atoms with Gasteiger partial charge in [-0.15, -0.1) is 0 Å². The first kappa shape index (κ1) is 14.8. The average molecular weight is 268 g/mol. The van der Waals surface area contributed by atoms with E-state index in [4.69, 9.17) is 5.11 Å². The Kier molecular flexibility index (Phi) is 5.65. The van der Waals surface area contributed by atoms with Crippen LogP contribution in [0.15, 0.2) is 9.98 Å². The summed E-state index contributed by atoms with van der Waals surface area (Å²) in [5.74, 6) is -1.79. The Morgan fingerprint density at radius 3 is 2.74 bits per heavy atom. The van der Waals surface area contributed by atoms with Gasteiger partial charge in [-0.1, -0.05) is 0 Å². The van der Waals surface area contributed by atoms with E-state index in [1.54, 1.807) is 0 Å². The van der Waals surface area contributed by atoms with E-state index in [1.165, 1.54) is 13.3 Å². The lowest BCUT2D eigenvalue weighted by Gasteiger charge is -2.14. The largest absolute Gasteiger partial charge is 0.480 e. The van der Waals surface area contributed by atoms with Crippen molar-refractivity contribution in [2.75, 3.05) is 13.1 Å². The fourth-order valence-electron chi connectivity index (χ4n) is 1.48. The number of nitrogens with one attached hydrogen (secondary N) is 2. The molecule has 1 heterocycles. The second-order valence-electron chi connectivity index (χ2n) is 4.05. The minimum atomic E-state index is -1.12. The van der Waals surface area contributed by atoms with Gasteiger partial charge in [0.15, 0.2) is 0 Å². The Hall–Kier alpha value is -2.25. The molecule has 0 bridgehead atoms. The number of nitrogens with zero attached hydrogens (tertiary/aromatic N) is 2. The fraction of sp³-hybridized carbons (Fsp3) is 0.545. The maximum Gasteiger partial charge on any atom is 0.326 e. The summed E-state index contributed by atoms with van der Waals surface area (Å²) in [6.07, 6.45) is 1.53. The monoisotopic (exact) mass is 268 g/mol. The fourth-order valence-corrected chi connectivity index (χ4v) is 1.48. The smallest absolute Gasteiger partial charge is 0.326 e. The number of carboxylic acids is 1. The quantitative estimate of drug-likeness (QED) is 0.546. The highest BCUT2D eigenvalue weighted by Crippen LogP contribution is 2.01. The molecule has 3 N–H and O–H groups in total. The van der Waals surface area contributed by atoms with E-state index in [0.29, 0.717) is 12.3 Å². The van der Waals surface area contributed by atoms with Gasteiger partial charge in [0.2, 0.25) is 11.8 Å². The van der Waals surface area contributed by atoms with Crippen LogP contribution in [0.3, 0.4) is 0 Å². The summed E-state index contributed by atoms with van der Waals surface area (Å²) in [5, 5.41) is 13.9.